The lowest BCUT2D eigenvalue weighted by Crippen LogP contribution is -2.45. The second-order valence-corrected chi connectivity index (χ2v) is 7.51. The quantitative estimate of drug-likeness (QED) is 0.573. The van der Waals surface area contributed by atoms with Gasteiger partial charge in [0.15, 0.2) is 0 Å². The Hall–Kier alpha value is -1.81. The molecule has 4 nitrogen and oxygen atoms in total. The van der Waals surface area contributed by atoms with Gasteiger partial charge in [0.1, 0.15) is 5.41 Å². The third-order valence-corrected chi connectivity index (χ3v) is 5.18. The fraction of sp³-hybridized carbons (Fsp3) is 0.500. The van der Waals surface area contributed by atoms with Gasteiger partial charge in [-0.2, -0.15) is 0 Å². The number of amides is 2. The van der Waals surface area contributed by atoms with Crippen LogP contribution in [0.25, 0.3) is 0 Å². The van der Waals surface area contributed by atoms with Crippen molar-refractivity contribution in [3.05, 3.63) is 40.4 Å². The molecule has 2 rings (SSSR count). The van der Waals surface area contributed by atoms with Crippen molar-refractivity contribution in [1.82, 2.24) is 5.32 Å². The number of rotatable bonds is 6. The van der Waals surface area contributed by atoms with Crippen LogP contribution in [0.5, 0.6) is 0 Å². The highest BCUT2D eigenvalue weighted by molar-refractivity contribution is 6.31. The zero-order valence-corrected chi connectivity index (χ0v) is 16.0. The van der Waals surface area contributed by atoms with Crippen LogP contribution in [0.15, 0.2) is 29.8 Å². The molecule has 1 aliphatic rings. The smallest absolute Gasteiger partial charge is 0.239 e. The number of nitrogens with one attached hydrogen (secondary N) is 2. The van der Waals surface area contributed by atoms with Crippen LogP contribution in [0.4, 0.5) is 5.69 Å². The van der Waals surface area contributed by atoms with Crippen LogP contribution in [-0.4, -0.2) is 18.4 Å². The summed E-state index contributed by atoms with van der Waals surface area (Å²) in [5.74, 6) is -0.603. The summed E-state index contributed by atoms with van der Waals surface area (Å²) >= 11 is 6.08. The molecule has 136 valence electrons. The average molecular weight is 363 g/mol. The first-order valence-electron chi connectivity index (χ1n) is 8.85. The lowest BCUT2D eigenvalue weighted by atomic mass is 9.90. The maximum Gasteiger partial charge on any atom is 0.239 e. The van der Waals surface area contributed by atoms with Crippen molar-refractivity contribution in [2.45, 2.75) is 52.9 Å². The number of hydrogen-bond acceptors (Lipinski definition) is 2. The van der Waals surface area contributed by atoms with E-state index in [0.717, 1.165) is 24.8 Å². The summed E-state index contributed by atoms with van der Waals surface area (Å²) in [5, 5.41) is 6.30. The number of anilines is 1. The van der Waals surface area contributed by atoms with Gasteiger partial charge in [0.25, 0.3) is 0 Å². The highest BCUT2D eigenvalue weighted by Gasteiger charge is 2.36. The van der Waals surface area contributed by atoms with Crippen molar-refractivity contribution >= 4 is 29.1 Å². The van der Waals surface area contributed by atoms with E-state index in [-0.39, 0.29) is 11.8 Å². The molecule has 0 bridgehead atoms. The van der Waals surface area contributed by atoms with Crippen molar-refractivity contribution in [3.63, 3.8) is 0 Å². The number of carbonyl (C=O) groups is 2. The van der Waals surface area contributed by atoms with E-state index in [1.54, 1.807) is 32.0 Å². The van der Waals surface area contributed by atoms with Gasteiger partial charge >= 0.3 is 0 Å². The minimum atomic E-state index is -1.16. The maximum absolute atomic E-state index is 12.6. The summed E-state index contributed by atoms with van der Waals surface area (Å²) in [4.78, 5) is 25.1. The third kappa shape index (κ3) is 5.08. The number of halogens is 1. The Morgan fingerprint density at radius 3 is 2.64 bits per heavy atom. The van der Waals surface area contributed by atoms with Crippen molar-refractivity contribution in [2.75, 3.05) is 11.9 Å². The Morgan fingerprint density at radius 2 is 1.96 bits per heavy atom. The van der Waals surface area contributed by atoms with Crippen molar-refractivity contribution < 1.29 is 9.59 Å². The number of allylic oxidation sites excluding steroid dienone is 1. The summed E-state index contributed by atoms with van der Waals surface area (Å²) in [6, 6.07) is 5.32. The standard InChI is InChI=1S/C20H27ClN2O2/c1-14-16(21)10-7-11-17(14)23-19(25)20(2,3)18(24)22-13-12-15-8-5-4-6-9-15/h7-8,10-11H,4-6,9,12-13H2,1-3H3,(H,22,24)(H,23,25). The molecule has 0 radical (unpaired) electrons. The Kier molecular flexibility index (Phi) is 6.65. The Bertz CT molecular complexity index is 680. The largest absolute Gasteiger partial charge is 0.355 e. The molecule has 0 unspecified atom stereocenters. The molecule has 0 atom stereocenters. The molecule has 0 aromatic heterocycles. The van der Waals surface area contributed by atoms with E-state index in [0.29, 0.717) is 17.3 Å². The van der Waals surface area contributed by atoms with E-state index in [4.69, 9.17) is 11.6 Å². The number of hydrogen-bond donors (Lipinski definition) is 2. The monoisotopic (exact) mass is 362 g/mol. The summed E-state index contributed by atoms with van der Waals surface area (Å²) in [7, 11) is 0. The van der Waals surface area contributed by atoms with E-state index in [1.807, 2.05) is 6.92 Å². The third-order valence-electron chi connectivity index (χ3n) is 4.77. The molecule has 25 heavy (non-hydrogen) atoms. The van der Waals surface area contributed by atoms with Crippen LogP contribution in [0, 0.1) is 12.3 Å². The molecule has 0 saturated carbocycles. The van der Waals surface area contributed by atoms with E-state index < -0.39 is 5.41 Å². The Labute approximate surface area is 155 Å². The van der Waals surface area contributed by atoms with E-state index in [2.05, 4.69) is 16.7 Å². The summed E-state index contributed by atoms with van der Waals surface area (Å²) in [6.45, 7) is 5.68. The fourth-order valence-electron chi connectivity index (χ4n) is 2.81. The predicted octanol–water partition coefficient (Wildman–Crippen LogP) is 4.62. The first-order chi connectivity index (χ1) is 11.8. The van der Waals surface area contributed by atoms with Crippen LogP contribution in [0.2, 0.25) is 5.02 Å². The van der Waals surface area contributed by atoms with Gasteiger partial charge < -0.3 is 10.6 Å². The van der Waals surface area contributed by atoms with Gasteiger partial charge in [-0.1, -0.05) is 29.3 Å². The van der Waals surface area contributed by atoms with Crippen LogP contribution < -0.4 is 10.6 Å². The second-order valence-electron chi connectivity index (χ2n) is 7.11. The molecule has 1 aromatic rings. The highest BCUT2D eigenvalue weighted by Crippen LogP contribution is 2.26. The zero-order valence-electron chi connectivity index (χ0n) is 15.2. The van der Waals surface area contributed by atoms with Gasteiger partial charge in [-0.3, -0.25) is 9.59 Å². The van der Waals surface area contributed by atoms with Gasteiger partial charge in [0.05, 0.1) is 0 Å². The van der Waals surface area contributed by atoms with E-state index in [9.17, 15) is 9.59 Å². The molecule has 2 amide bonds. The zero-order chi connectivity index (χ0) is 18.4. The Balaban J connectivity index is 1.91. The lowest BCUT2D eigenvalue weighted by molar-refractivity contribution is -0.138. The van der Waals surface area contributed by atoms with Crippen LogP contribution in [0.1, 0.15) is 51.5 Å². The lowest BCUT2D eigenvalue weighted by Gasteiger charge is -2.23. The van der Waals surface area contributed by atoms with Crippen LogP contribution in [0.3, 0.4) is 0 Å². The molecule has 2 N–H and O–H groups in total. The normalized spacial score (nSPS) is 14.6. The molecule has 1 aliphatic carbocycles. The molecule has 0 spiro atoms. The summed E-state index contributed by atoms with van der Waals surface area (Å²) < 4.78 is 0. The first-order valence-corrected chi connectivity index (χ1v) is 9.23. The van der Waals surface area contributed by atoms with Crippen molar-refractivity contribution in [3.8, 4) is 0 Å². The predicted molar refractivity (Wildman–Crippen MR) is 103 cm³/mol. The molecule has 5 heteroatoms. The van der Waals surface area contributed by atoms with Gasteiger partial charge in [-0.15, -0.1) is 0 Å². The highest BCUT2D eigenvalue weighted by atomic mass is 35.5. The maximum atomic E-state index is 12.6. The minimum absolute atomic E-state index is 0.263. The first kappa shape index (κ1) is 19.5. The van der Waals surface area contributed by atoms with Crippen LogP contribution in [-0.2, 0) is 9.59 Å². The molecular formula is C20H27ClN2O2. The SMILES string of the molecule is Cc1c(Cl)cccc1NC(=O)C(C)(C)C(=O)NCCC1=CCCCC1. The van der Waals surface area contributed by atoms with E-state index in [1.165, 1.54) is 18.4 Å². The fourth-order valence-corrected chi connectivity index (χ4v) is 2.99. The molecule has 1 aromatic carbocycles. The molecule has 0 heterocycles. The average Bonchev–Trinajstić information content (AvgIpc) is 2.59. The van der Waals surface area contributed by atoms with E-state index >= 15 is 0 Å². The van der Waals surface area contributed by atoms with Crippen molar-refractivity contribution in [2.24, 2.45) is 5.41 Å². The van der Waals surface area contributed by atoms with Crippen molar-refractivity contribution in [1.29, 1.82) is 0 Å². The van der Waals surface area contributed by atoms with Gasteiger partial charge in [0.2, 0.25) is 11.8 Å². The topological polar surface area (TPSA) is 58.2 Å². The van der Waals surface area contributed by atoms with Gasteiger partial charge in [0, 0.05) is 17.3 Å². The second kappa shape index (κ2) is 8.52. The Morgan fingerprint density at radius 1 is 1.20 bits per heavy atom. The van der Waals surface area contributed by atoms with Gasteiger partial charge in [-0.05, 0) is 70.6 Å². The molecule has 0 saturated heterocycles. The number of benzene rings is 1. The molecule has 0 fully saturated rings. The van der Waals surface area contributed by atoms with Crippen LogP contribution >= 0.6 is 11.6 Å². The van der Waals surface area contributed by atoms with Gasteiger partial charge in [-0.25, -0.2) is 0 Å². The summed E-state index contributed by atoms with van der Waals surface area (Å²) in [5.41, 5.74) is 1.67. The molecular weight excluding hydrogens is 336 g/mol. The summed E-state index contributed by atoms with van der Waals surface area (Å²) in [6.07, 6.45) is 7.87. The molecule has 0 aliphatic heterocycles. The minimum Gasteiger partial charge on any atom is -0.355 e. The number of carbonyl (C=O) groups excluding carboxylic acids is 2.